The zero-order valence-electron chi connectivity index (χ0n) is 11.3. The fourth-order valence-electron chi connectivity index (χ4n) is 2.42. The second-order valence-corrected chi connectivity index (χ2v) is 5.05. The molecule has 5 N–H and O–H groups in total. The van der Waals surface area contributed by atoms with Crippen LogP contribution >= 0.6 is 0 Å². The zero-order chi connectivity index (χ0) is 15.9. The van der Waals surface area contributed by atoms with Gasteiger partial charge >= 0.3 is 5.97 Å². The first-order chi connectivity index (χ1) is 10.5. The normalized spacial score (nSPS) is 32.0. The van der Waals surface area contributed by atoms with Crippen LogP contribution < -0.4 is 4.74 Å². The maximum atomic E-state index is 11.0. The van der Waals surface area contributed by atoms with Gasteiger partial charge in [0, 0.05) is 17.1 Å². The van der Waals surface area contributed by atoms with E-state index in [1.807, 2.05) is 12.1 Å². The van der Waals surface area contributed by atoms with Crippen molar-refractivity contribution in [3.8, 4) is 5.75 Å². The van der Waals surface area contributed by atoms with Gasteiger partial charge < -0.3 is 34.9 Å². The number of fused-ring (bicyclic) bond motifs is 1. The number of carboxylic acid groups (broad SMARTS) is 1. The smallest absolute Gasteiger partial charge is 0.335 e. The molecular weight excluding hydrogens is 294 g/mol. The number of carbonyl (C=O) groups is 1. The summed E-state index contributed by atoms with van der Waals surface area (Å²) in [6.45, 7) is 0. The van der Waals surface area contributed by atoms with Gasteiger partial charge in [0.1, 0.15) is 24.1 Å². The maximum Gasteiger partial charge on any atom is 0.335 e. The van der Waals surface area contributed by atoms with Crippen LogP contribution in [0.1, 0.15) is 0 Å². The predicted octanol–water partition coefficient (Wildman–Crippen LogP) is -0.561. The number of hydrogen-bond donors (Lipinski definition) is 5. The van der Waals surface area contributed by atoms with E-state index >= 15 is 0 Å². The number of carboxylic acids is 1. The number of H-pyrrole nitrogens is 1. The van der Waals surface area contributed by atoms with Crippen molar-refractivity contribution in [1.82, 2.24) is 4.98 Å². The molecule has 0 saturated carbocycles. The van der Waals surface area contributed by atoms with Gasteiger partial charge in [-0.2, -0.15) is 0 Å². The number of hydrogen-bond acceptors (Lipinski definition) is 6. The summed E-state index contributed by atoms with van der Waals surface area (Å²) in [5.74, 6) is -1.11. The Hall–Kier alpha value is -2.13. The molecule has 0 amide bonds. The van der Waals surface area contributed by atoms with Crippen molar-refractivity contribution < 1.29 is 34.7 Å². The van der Waals surface area contributed by atoms with E-state index in [2.05, 4.69) is 4.98 Å². The molecule has 0 spiro atoms. The summed E-state index contributed by atoms with van der Waals surface area (Å²) in [5.41, 5.74) is 0.790. The predicted molar refractivity (Wildman–Crippen MR) is 73.2 cm³/mol. The van der Waals surface area contributed by atoms with E-state index in [9.17, 15) is 20.1 Å². The Kier molecular flexibility index (Phi) is 3.75. The van der Waals surface area contributed by atoms with Gasteiger partial charge in [0.2, 0.25) is 6.29 Å². The molecule has 0 bridgehead atoms. The van der Waals surface area contributed by atoms with Crippen LogP contribution in [0.5, 0.6) is 5.75 Å². The van der Waals surface area contributed by atoms with Gasteiger partial charge in [-0.25, -0.2) is 4.79 Å². The zero-order valence-corrected chi connectivity index (χ0v) is 11.3. The number of aliphatic hydroxyl groups is 3. The van der Waals surface area contributed by atoms with Gasteiger partial charge in [0.05, 0.1) is 0 Å². The van der Waals surface area contributed by atoms with Crippen molar-refractivity contribution in [1.29, 1.82) is 0 Å². The molecular formula is C14H15NO7. The molecule has 1 fully saturated rings. The van der Waals surface area contributed by atoms with E-state index in [1.165, 1.54) is 6.20 Å². The Balaban J connectivity index is 1.85. The molecule has 22 heavy (non-hydrogen) atoms. The average Bonchev–Trinajstić information content (AvgIpc) is 2.91. The monoisotopic (exact) mass is 309 g/mol. The minimum absolute atomic E-state index is 0.340. The number of ether oxygens (including phenoxy) is 2. The van der Waals surface area contributed by atoms with Crippen molar-refractivity contribution in [2.75, 3.05) is 0 Å². The van der Waals surface area contributed by atoms with E-state index in [1.54, 1.807) is 12.1 Å². The highest BCUT2D eigenvalue weighted by Gasteiger charge is 2.48. The first kappa shape index (κ1) is 14.8. The van der Waals surface area contributed by atoms with Crippen LogP contribution in [0.25, 0.3) is 10.9 Å². The number of aromatic nitrogens is 1. The Morgan fingerprint density at radius 2 is 1.86 bits per heavy atom. The number of para-hydroxylation sites is 1. The molecule has 0 aliphatic carbocycles. The lowest BCUT2D eigenvalue weighted by Crippen LogP contribution is -2.61. The molecule has 2 heterocycles. The first-order valence-electron chi connectivity index (χ1n) is 6.64. The third kappa shape index (κ3) is 2.42. The molecule has 8 heteroatoms. The molecule has 3 rings (SSSR count). The van der Waals surface area contributed by atoms with Crippen LogP contribution in [0.4, 0.5) is 0 Å². The molecule has 0 unspecified atom stereocenters. The quantitative estimate of drug-likeness (QED) is 0.513. The van der Waals surface area contributed by atoms with Crippen molar-refractivity contribution in [3.05, 3.63) is 30.5 Å². The molecule has 8 nitrogen and oxygen atoms in total. The highest BCUT2D eigenvalue weighted by molar-refractivity contribution is 5.85. The fourth-order valence-corrected chi connectivity index (χ4v) is 2.42. The summed E-state index contributed by atoms with van der Waals surface area (Å²) in [5, 5.41) is 39.0. The largest absolute Gasteiger partial charge is 0.479 e. The SMILES string of the molecule is O=C(O)[C@@H]1O[C@H](Oc2c[nH]c3ccccc23)[C@@H](O)[C@H](O)[C@H]1O. The fraction of sp³-hybridized carbons (Fsp3) is 0.357. The van der Waals surface area contributed by atoms with Gasteiger partial charge in [-0.05, 0) is 12.1 Å². The Bertz CT molecular complexity index is 685. The van der Waals surface area contributed by atoms with E-state index in [4.69, 9.17) is 14.6 Å². The highest BCUT2D eigenvalue weighted by Crippen LogP contribution is 2.29. The van der Waals surface area contributed by atoms with E-state index < -0.39 is 36.7 Å². The van der Waals surface area contributed by atoms with Crippen molar-refractivity contribution in [3.63, 3.8) is 0 Å². The van der Waals surface area contributed by atoms with Crippen LogP contribution in [0.2, 0.25) is 0 Å². The molecule has 1 aliphatic heterocycles. The van der Waals surface area contributed by atoms with E-state index in [0.717, 1.165) is 5.52 Å². The second kappa shape index (κ2) is 5.58. The Labute approximate surface area is 124 Å². The standard InChI is InChI=1S/C14H15NO7/c16-9-10(17)12(13(19)20)22-14(11(9)18)21-8-5-15-7-4-2-1-3-6(7)8/h1-5,9-12,14-18H,(H,19,20)/t9-,10-,11+,12-,14+/m1/s1. The number of benzene rings is 1. The number of nitrogens with one attached hydrogen (secondary N) is 1. The van der Waals surface area contributed by atoms with Crippen LogP contribution in [0, 0.1) is 0 Å². The average molecular weight is 309 g/mol. The minimum Gasteiger partial charge on any atom is -0.479 e. The lowest BCUT2D eigenvalue weighted by atomic mass is 9.99. The van der Waals surface area contributed by atoms with Crippen molar-refractivity contribution in [2.45, 2.75) is 30.7 Å². The molecule has 118 valence electrons. The minimum atomic E-state index is -1.74. The molecule has 1 aliphatic rings. The summed E-state index contributed by atoms with van der Waals surface area (Å²) < 4.78 is 10.6. The molecule has 1 aromatic heterocycles. The van der Waals surface area contributed by atoms with Crippen LogP contribution in [-0.2, 0) is 9.53 Å². The van der Waals surface area contributed by atoms with Gasteiger partial charge in [-0.3, -0.25) is 0 Å². The van der Waals surface area contributed by atoms with E-state index in [-0.39, 0.29) is 0 Å². The third-order valence-electron chi connectivity index (χ3n) is 3.61. The molecule has 2 aromatic rings. The van der Waals surface area contributed by atoms with Crippen LogP contribution in [0.3, 0.4) is 0 Å². The van der Waals surface area contributed by atoms with Crippen LogP contribution in [-0.4, -0.2) is 62.1 Å². The van der Waals surface area contributed by atoms with Gasteiger partial charge in [0.25, 0.3) is 0 Å². The summed E-state index contributed by atoms with van der Waals surface area (Å²) >= 11 is 0. The summed E-state index contributed by atoms with van der Waals surface area (Å²) in [6, 6.07) is 7.21. The van der Waals surface area contributed by atoms with Crippen molar-refractivity contribution in [2.24, 2.45) is 0 Å². The lowest BCUT2D eigenvalue weighted by molar-refractivity contribution is -0.270. The van der Waals surface area contributed by atoms with Gasteiger partial charge in [-0.15, -0.1) is 0 Å². The summed E-state index contributed by atoms with van der Waals surface area (Å²) in [7, 11) is 0. The van der Waals surface area contributed by atoms with Gasteiger partial charge in [0.15, 0.2) is 6.10 Å². The number of aromatic amines is 1. The number of aliphatic carboxylic acids is 1. The van der Waals surface area contributed by atoms with Crippen molar-refractivity contribution >= 4 is 16.9 Å². The van der Waals surface area contributed by atoms with Gasteiger partial charge in [-0.1, -0.05) is 12.1 Å². The maximum absolute atomic E-state index is 11.0. The number of rotatable bonds is 3. The van der Waals surface area contributed by atoms with E-state index in [0.29, 0.717) is 11.1 Å². The Morgan fingerprint density at radius 1 is 1.14 bits per heavy atom. The summed E-state index contributed by atoms with van der Waals surface area (Å²) in [4.78, 5) is 14.0. The highest BCUT2D eigenvalue weighted by atomic mass is 16.7. The topological polar surface area (TPSA) is 132 Å². The molecule has 1 saturated heterocycles. The molecule has 0 radical (unpaired) electrons. The second-order valence-electron chi connectivity index (χ2n) is 5.05. The van der Waals surface area contributed by atoms with Crippen LogP contribution in [0.15, 0.2) is 30.5 Å². The first-order valence-corrected chi connectivity index (χ1v) is 6.64. The number of aliphatic hydroxyl groups excluding tert-OH is 3. The molecule has 5 atom stereocenters. The third-order valence-corrected chi connectivity index (χ3v) is 3.61. The Morgan fingerprint density at radius 3 is 2.59 bits per heavy atom. The lowest BCUT2D eigenvalue weighted by Gasteiger charge is -2.38. The summed E-state index contributed by atoms with van der Waals surface area (Å²) in [6.07, 6.45) is -6.58. The molecule has 1 aromatic carbocycles.